The summed E-state index contributed by atoms with van der Waals surface area (Å²) in [7, 11) is 0. The molecule has 0 saturated carbocycles. The van der Waals surface area contributed by atoms with Crippen LogP contribution in [0.3, 0.4) is 0 Å². The Balaban J connectivity index is 2.15. The van der Waals surface area contributed by atoms with Crippen LogP contribution in [0.5, 0.6) is 0 Å². The highest BCUT2D eigenvalue weighted by atomic mass is 16.6. The Morgan fingerprint density at radius 3 is 2.65 bits per heavy atom. The molecule has 1 amide bonds. The third kappa shape index (κ3) is 4.33. The summed E-state index contributed by atoms with van der Waals surface area (Å²) in [5.41, 5.74) is 1.46. The predicted molar refractivity (Wildman–Crippen MR) is 88.1 cm³/mol. The molecule has 1 aromatic carbocycles. The van der Waals surface area contributed by atoms with Gasteiger partial charge in [0.25, 0.3) is 0 Å². The Morgan fingerprint density at radius 2 is 2.09 bits per heavy atom. The van der Waals surface area contributed by atoms with Crippen LogP contribution in [0.2, 0.25) is 0 Å². The van der Waals surface area contributed by atoms with Gasteiger partial charge in [-0.05, 0) is 38.3 Å². The zero-order valence-corrected chi connectivity index (χ0v) is 13.9. The van der Waals surface area contributed by atoms with Crippen LogP contribution in [0.25, 0.3) is 0 Å². The molecule has 0 spiro atoms. The largest absolute Gasteiger partial charge is 0.444 e. The van der Waals surface area contributed by atoms with Crippen molar-refractivity contribution in [2.75, 3.05) is 6.61 Å². The second-order valence-electron chi connectivity index (χ2n) is 6.63. The molecule has 2 rings (SSSR count). The van der Waals surface area contributed by atoms with E-state index in [1.165, 1.54) is 0 Å². The number of benzene rings is 1. The molecular weight excluding hydrogens is 294 g/mol. The first-order valence-corrected chi connectivity index (χ1v) is 7.81. The molecule has 1 aliphatic rings. The van der Waals surface area contributed by atoms with E-state index in [2.05, 4.69) is 11.9 Å². The van der Waals surface area contributed by atoms with E-state index >= 15 is 0 Å². The van der Waals surface area contributed by atoms with Crippen LogP contribution < -0.4 is 5.32 Å². The van der Waals surface area contributed by atoms with Crippen molar-refractivity contribution in [1.82, 2.24) is 5.32 Å². The molecule has 0 radical (unpaired) electrons. The molecule has 0 bridgehead atoms. The van der Waals surface area contributed by atoms with Gasteiger partial charge in [0.15, 0.2) is 0 Å². The number of hydrogen-bond donors (Lipinski definition) is 2. The molecular formula is C18H25NO4. The predicted octanol–water partition coefficient (Wildman–Crippen LogP) is 3.26. The normalized spacial score (nSPS) is 21.4. The number of carbonyl (C=O) groups excluding carboxylic acids is 1. The van der Waals surface area contributed by atoms with Gasteiger partial charge in [0.2, 0.25) is 0 Å². The SMILES string of the molecule is C=CC[C@H]1O[C@H]([C@@H](CO)NC(=O)OC(C)(C)C)c2ccccc21. The fraction of sp³-hybridized carbons (Fsp3) is 0.500. The Kier molecular flexibility index (Phi) is 5.44. The van der Waals surface area contributed by atoms with Crippen molar-refractivity contribution in [3.8, 4) is 0 Å². The summed E-state index contributed by atoms with van der Waals surface area (Å²) in [6.45, 7) is 8.90. The van der Waals surface area contributed by atoms with Gasteiger partial charge in [0, 0.05) is 0 Å². The van der Waals surface area contributed by atoms with Crippen molar-refractivity contribution < 1.29 is 19.4 Å². The third-order valence-corrected chi connectivity index (χ3v) is 3.61. The number of ether oxygens (including phenoxy) is 2. The van der Waals surface area contributed by atoms with E-state index in [1.54, 1.807) is 26.8 Å². The summed E-state index contributed by atoms with van der Waals surface area (Å²) in [5, 5.41) is 12.4. The monoisotopic (exact) mass is 319 g/mol. The van der Waals surface area contributed by atoms with Crippen LogP contribution in [0.4, 0.5) is 4.79 Å². The van der Waals surface area contributed by atoms with Crippen molar-refractivity contribution >= 4 is 6.09 Å². The summed E-state index contributed by atoms with van der Waals surface area (Å²) >= 11 is 0. The van der Waals surface area contributed by atoms with Crippen LogP contribution in [0.15, 0.2) is 36.9 Å². The summed E-state index contributed by atoms with van der Waals surface area (Å²) in [5.74, 6) is 0. The molecule has 0 fully saturated rings. The first-order valence-electron chi connectivity index (χ1n) is 7.81. The molecule has 0 unspecified atom stereocenters. The van der Waals surface area contributed by atoms with Crippen LogP contribution in [0, 0.1) is 0 Å². The summed E-state index contributed by atoms with van der Waals surface area (Å²) in [6, 6.07) is 7.28. The number of aliphatic hydroxyl groups is 1. The molecule has 5 heteroatoms. The highest BCUT2D eigenvalue weighted by Gasteiger charge is 2.37. The lowest BCUT2D eigenvalue weighted by Gasteiger charge is -2.26. The van der Waals surface area contributed by atoms with Crippen LogP contribution in [0.1, 0.15) is 50.5 Å². The minimum absolute atomic E-state index is 0.108. The lowest BCUT2D eigenvalue weighted by Crippen LogP contribution is -2.44. The minimum Gasteiger partial charge on any atom is -0.444 e. The number of aliphatic hydroxyl groups excluding tert-OH is 1. The molecule has 126 valence electrons. The van der Waals surface area contributed by atoms with Crippen LogP contribution in [-0.4, -0.2) is 29.4 Å². The van der Waals surface area contributed by atoms with Gasteiger partial charge in [-0.3, -0.25) is 0 Å². The van der Waals surface area contributed by atoms with E-state index in [1.807, 2.05) is 24.3 Å². The minimum atomic E-state index is -0.593. The Morgan fingerprint density at radius 1 is 1.43 bits per heavy atom. The average Bonchev–Trinajstić information content (AvgIpc) is 2.82. The second kappa shape index (κ2) is 7.15. The van der Waals surface area contributed by atoms with Gasteiger partial charge in [0.05, 0.1) is 18.8 Å². The van der Waals surface area contributed by atoms with E-state index in [9.17, 15) is 9.90 Å². The quantitative estimate of drug-likeness (QED) is 0.818. The van der Waals surface area contributed by atoms with Gasteiger partial charge >= 0.3 is 6.09 Å². The number of hydrogen-bond acceptors (Lipinski definition) is 4. The molecule has 3 atom stereocenters. The van der Waals surface area contributed by atoms with Crippen molar-refractivity contribution in [2.24, 2.45) is 0 Å². The third-order valence-electron chi connectivity index (χ3n) is 3.61. The number of rotatable bonds is 5. The fourth-order valence-electron chi connectivity index (χ4n) is 2.71. The second-order valence-corrected chi connectivity index (χ2v) is 6.63. The average molecular weight is 319 g/mol. The smallest absolute Gasteiger partial charge is 0.408 e. The lowest BCUT2D eigenvalue weighted by molar-refractivity contribution is -0.0236. The molecule has 0 aliphatic carbocycles. The summed E-state index contributed by atoms with van der Waals surface area (Å²) in [6.07, 6.45) is 1.40. The molecule has 23 heavy (non-hydrogen) atoms. The summed E-state index contributed by atoms with van der Waals surface area (Å²) in [4.78, 5) is 12.0. The molecule has 2 N–H and O–H groups in total. The van der Waals surface area contributed by atoms with Gasteiger partial charge in [-0.1, -0.05) is 30.3 Å². The maximum absolute atomic E-state index is 12.0. The first-order chi connectivity index (χ1) is 10.9. The number of carbonyl (C=O) groups is 1. The number of amides is 1. The van der Waals surface area contributed by atoms with Crippen LogP contribution in [-0.2, 0) is 9.47 Å². The first kappa shape index (κ1) is 17.5. The Labute approximate surface area is 137 Å². The van der Waals surface area contributed by atoms with Gasteiger partial charge in [-0.15, -0.1) is 6.58 Å². The lowest BCUT2D eigenvalue weighted by atomic mass is 9.97. The van der Waals surface area contributed by atoms with Crippen molar-refractivity contribution in [1.29, 1.82) is 0 Å². The molecule has 1 heterocycles. The maximum Gasteiger partial charge on any atom is 0.408 e. The number of fused-ring (bicyclic) bond motifs is 1. The zero-order chi connectivity index (χ0) is 17.0. The van der Waals surface area contributed by atoms with E-state index in [0.717, 1.165) is 11.1 Å². The standard InChI is InChI=1S/C18H25NO4/c1-5-8-15-12-9-6-7-10-13(12)16(22-15)14(11-20)19-17(21)23-18(2,3)4/h5-7,9-10,14-16,20H,1,8,11H2,2-4H3,(H,19,21)/t14-,15-,16+/m1/s1. The van der Waals surface area contributed by atoms with E-state index in [4.69, 9.17) is 9.47 Å². The van der Waals surface area contributed by atoms with E-state index in [-0.39, 0.29) is 12.7 Å². The highest BCUT2D eigenvalue weighted by Crippen LogP contribution is 2.42. The highest BCUT2D eigenvalue weighted by molar-refractivity contribution is 5.68. The summed E-state index contributed by atoms with van der Waals surface area (Å²) < 4.78 is 11.3. The van der Waals surface area contributed by atoms with E-state index in [0.29, 0.717) is 6.42 Å². The molecule has 1 aromatic rings. The van der Waals surface area contributed by atoms with Gasteiger partial charge < -0.3 is 19.9 Å². The van der Waals surface area contributed by atoms with Crippen LogP contribution >= 0.6 is 0 Å². The van der Waals surface area contributed by atoms with E-state index < -0.39 is 23.8 Å². The van der Waals surface area contributed by atoms with Gasteiger partial charge in [-0.2, -0.15) is 0 Å². The number of alkyl carbamates (subject to hydrolysis) is 1. The molecule has 0 saturated heterocycles. The Hall–Kier alpha value is -1.85. The fourth-order valence-corrected chi connectivity index (χ4v) is 2.71. The van der Waals surface area contributed by atoms with Crippen molar-refractivity contribution in [3.63, 3.8) is 0 Å². The number of nitrogens with one attached hydrogen (secondary N) is 1. The van der Waals surface area contributed by atoms with Crippen molar-refractivity contribution in [2.45, 2.75) is 51.0 Å². The van der Waals surface area contributed by atoms with Gasteiger partial charge in [-0.25, -0.2) is 4.79 Å². The molecule has 5 nitrogen and oxygen atoms in total. The Bertz CT molecular complexity index is 564. The zero-order valence-electron chi connectivity index (χ0n) is 13.9. The van der Waals surface area contributed by atoms with Gasteiger partial charge in [0.1, 0.15) is 11.7 Å². The molecule has 1 aliphatic heterocycles. The molecule has 0 aromatic heterocycles. The topological polar surface area (TPSA) is 67.8 Å². The maximum atomic E-state index is 12.0. The van der Waals surface area contributed by atoms with Crippen molar-refractivity contribution in [3.05, 3.63) is 48.0 Å².